The molecule has 0 radical (unpaired) electrons. The summed E-state index contributed by atoms with van der Waals surface area (Å²) in [5.41, 5.74) is 2.87. The van der Waals surface area contributed by atoms with E-state index in [1.54, 1.807) is 0 Å². The molecule has 0 spiro atoms. The fourth-order valence-electron chi connectivity index (χ4n) is 2.20. The van der Waals surface area contributed by atoms with Gasteiger partial charge in [-0.3, -0.25) is 9.89 Å². The van der Waals surface area contributed by atoms with Gasteiger partial charge in [-0.05, 0) is 31.5 Å². The predicted molar refractivity (Wildman–Crippen MR) is 96.9 cm³/mol. The largest absolute Gasteiger partial charge is 0.325 e. The zero-order valence-electron chi connectivity index (χ0n) is 13.5. The van der Waals surface area contributed by atoms with Crippen molar-refractivity contribution in [2.24, 2.45) is 0 Å². The number of aromatic amines is 1. The number of carbonyl (C=O) groups is 1. The van der Waals surface area contributed by atoms with Crippen LogP contribution in [-0.2, 0) is 4.79 Å². The highest BCUT2D eigenvalue weighted by molar-refractivity contribution is 8.00. The van der Waals surface area contributed by atoms with Gasteiger partial charge in [-0.1, -0.05) is 54.2 Å². The average Bonchev–Trinajstić information content (AvgIpc) is 3.04. The number of aryl methyl sites for hydroxylation is 1. The van der Waals surface area contributed by atoms with E-state index in [9.17, 15) is 4.79 Å². The lowest BCUT2D eigenvalue weighted by molar-refractivity contribution is -0.115. The Morgan fingerprint density at radius 2 is 1.96 bits per heavy atom. The van der Waals surface area contributed by atoms with Crippen molar-refractivity contribution in [2.75, 3.05) is 5.32 Å². The Bertz CT molecular complexity index is 832. The molecule has 0 saturated carbocycles. The van der Waals surface area contributed by atoms with E-state index in [-0.39, 0.29) is 11.2 Å². The van der Waals surface area contributed by atoms with Gasteiger partial charge < -0.3 is 5.32 Å². The van der Waals surface area contributed by atoms with Gasteiger partial charge in [0.05, 0.1) is 5.25 Å². The summed E-state index contributed by atoms with van der Waals surface area (Å²) in [4.78, 5) is 16.7. The second kappa shape index (κ2) is 7.31. The Morgan fingerprint density at radius 1 is 1.17 bits per heavy atom. The number of aromatic nitrogens is 3. The van der Waals surface area contributed by atoms with Crippen molar-refractivity contribution in [3.8, 4) is 11.4 Å². The molecule has 3 aromatic rings. The summed E-state index contributed by atoms with van der Waals surface area (Å²) in [6, 6.07) is 17.5. The third kappa shape index (κ3) is 4.02. The second-order valence-electron chi connectivity index (χ2n) is 5.45. The van der Waals surface area contributed by atoms with Gasteiger partial charge in [-0.25, -0.2) is 4.98 Å². The van der Waals surface area contributed by atoms with Crippen LogP contribution in [0, 0.1) is 6.92 Å². The highest BCUT2D eigenvalue weighted by atomic mass is 32.2. The highest BCUT2D eigenvalue weighted by Crippen LogP contribution is 2.23. The van der Waals surface area contributed by atoms with E-state index in [2.05, 4.69) is 20.5 Å². The zero-order valence-corrected chi connectivity index (χ0v) is 14.3. The first-order chi connectivity index (χ1) is 11.6. The highest BCUT2D eigenvalue weighted by Gasteiger charge is 2.17. The average molecular weight is 338 g/mol. The molecule has 2 aromatic carbocycles. The molecule has 0 bridgehead atoms. The van der Waals surface area contributed by atoms with Crippen LogP contribution in [0.25, 0.3) is 11.4 Å². The number of anilines is 1. The molecule has 1 amide bonds. The Kier molecular flexibility index (Phi) is 4.96. The molecule has 6 heteroatoms. The minimum Gasteiger partial charge on any atom is -0.325 e. The molecule has 2 N–H and O–H groups in total. The van der Waals surface area contributed by atoms with Crippen molar-refractivity contribution < 1.29 is 4.79 Å². The second-order valence-corrected chi connectivity index (χ2v) is 6.76. The maximum Gasteiger partial charge on any atom is 0.237 e. The van der Waals surface area contributed by atoms with E-state index in [1.165, 1.54) is 11.8 Å². The molecule has 0 unspecified atom stereocenters. The van der Waals surface area contributed by atoms with Gasteiger partial charge in [-0.2, -0.15) is 0 Å². The van der Waals surface area contributed by atoms with Gasteiger partial charge >= 0.3 is 0 Å². The summed E-state index contributed by atoms with van der Waals surface area (Å²) >= 11 is 1.33. The standard InChI is InChI=1S/C18H18N4OS/c1-12-7-6-10-15(11-12)19-17(23)13(2)24-18-20-16(21-22-18)14-8-4-3-5-9-14/h3-11,13H,1-2H3,(H,19,23)(H,20,21,22)/t13-/m1/s1. The van der Waals surface area contributed by atoms with Gasteiger partial charge in [0.1, 0.15) is 0 Å². The molecule has 24 heavy (non-hydrogen) atoms. The van der Waals surface area contributed by atoms with Crippen molar-refractivity contribution >= 4 is 23.4 Å². The molecule has 0 aliphatic heterocycles. The number of thioether (sulfide) groups is 1. The van der Waals surface area contributed by atoms with Crippen LogP contribution in [0.5, 0.6) is 0 Å². The van der Waals surface area contributed by atoms with Gasteiger partial charge in [0, 0.05) is 11.3 Å². The first-order valence-corrected chi connectivity index (χ1v) is 8.52. The van der Waals surface area contributed by atoms with Crippen LogP contribution >= 0.6 is 11.8 Å². The van der Waals surface area contributed by atoms with Crippen LogP contribution < -0.4 is 5.32 Å². The summed E-state index contributed by atoms with van der Waals surface area (Å²) in [5, 5.41) is 10.3. The maximum absolute atomic E-state index is 12.3. The van der Waals surface area contributed by atoms with Crippen molar-refractivity contribution in [2.45, 2.75) is 24.3 Å². The normalized spacial score (nSPS) is 11.9. The minimum absolute atomic E-state index is 0.0725. The molecule has 0 aliphatic carbocycles. The van der Waals surface area contributed by atoms with Crippen LogP contribution in [0.15, 0.2) is 59.8 Å². The molecule has 0 saturated heterocycles. The first kappa shape index (κ1) is 16.3. The number of hydrogen-bond donors (Lipinski definition) is 2. The molecule has 1 heterocycles. The van der Waals surface area contributed by atoms with Crippen molar-refractivity contribution in [3.63, 3.8) is 0 Å². The van der Waals surface area contributed by atoms with Crippen molar-refractivity contribution in [1.29, 1.82) is 0 Å². The number of H-pyrrole nitrogens is 1. The van der Waals surface area contributed by atoms with Crippen molar-refractivity contribution in [1.82, 2.24) is 15.2 Å². The maximum atomic E-state index is 12.3. The molecule has 1 aromatic heterocycles. The molecule has 0 fully saturated rings. The van der Waals surface area contributed by atoms with E-state index < -0.39 is 0 Å². The summed E-state index contributed by atoms with van der Waals surface area (Å²) in [5.74, 6) is 0.626. The van der Waals surface area contributed by atoms with Crippen LogP contribution in [0.4, 0.5) is 5.69 Å². The fraction of sp³-hybridized carbons (Fsp3) is 0.167. The quantitative estimate of drug-likeness (QED) is 0.692. The molecule has 122 valence electrons. The van der Waals surface area contributed by atoms with Gasteiger partial charge in [0.15, 0.2) is 5.82 Å². The lowest BCUT2D eigenvalue weighted by Crippen LogP contribution is -2.22. The number of amides is 1. The van der Waals surface area contributed by atoms with Crippen LogP contribution in [0.3, 0.4) is 0 Å². The number of benzene rings is 2. The molecule has 5 nitrogen and oxygen atoms in total. The Balaban J connectivity index is 1.63. The van der Waals surface area contributed by atoms with Crippen LogP contribution in [0.1, 0.15) is 12.5 Å². The van der Waals surface area contributed by atoms with Crippen molar-refractivity contribution in [3.05, 3.63) is 60.2 Å². The number of carbonyl (C=O) groups excluding carboxylic acids is 1. The lowest BCUT2D eigenvalue weighted by atomic mass is 10.2. The number of rotatable bonds is 5. The molecule has 0 aliphatic rings. The smallest absolute Gasteiger partial charge is 0.237 e. The van der Waals surface area contributed by atoms with E-state index in [0.717, 1.165) is 16.8 Å². The Hall–Kier alpha value is -2.60. The third-order valence-electron chi connectivity index (χ3n) is 3.45. The number of hydrogen-bond acceptors (Lipinski definition) is 4. The molecule has 3 rings (SSSR count). The Morgan fingerprint density at radius 3 is 2.71 bits per heavy atom. The SMILES string of the molecule is Cc1cccc(NC(=O)[C@@H](C)Sc2n[nH]c(-c3ccccc3)n2)c1. The fourth-order valence-corrected chi connectivity index (χ4v) is 2.93. The number of nitrogens with zero attached hydrogens (tertiary/aromatic N) is 2. The number of nitrogens with one attached hydrogen (secondary N) is 2. The Labute approximate surface area is 144 Å². The minimum atomic E-state index is -0.301. The van der Waals surface area contributed by atoms with Gasteiger partial charge in [0.2, 0.25) is 11.1 Å². The molecule has 1 atom stereocenters. The molecular formula is C18H18N4OS. The van der Waals surface area contributed by atoms with E-state index in [4.69, 9.17) is 0 Å². The monoisotopic (exact) mass is 338 g/mol. The van der Waals surface area contributed by atoms with E-state index >= 15 is 0 Å². The van der Waals surface area contributed by atoms with Gasteiger partial charge in [0.25, 0.3) is 0 Å². The topological polar surface area (TPSA) is 70.7 Å². The summed E-state index contributed by atoms with van der Waals surface area (Å²) in [6.07, 6.45) is 0. The first-order valence-electron chi connectivity index (χ1n) is 7.64. The summed E-state index contributed by atoms with van der Waals surface area (Å²) in [7, 11) is 0. The summed E-state index contributed by atoms with van der Waals surface area (Å²) < 4.78 is 0. The zero-order chi connectivity index (χ0) is 16.9. The van der Waals surface area contributed by atoms with E-state index in [0.29, 0.717) is 11.0 Å². The van der Waals surface area contributed by atoms with E-state index in [1.807, 2.05) is 68.4 Å². The van der Waals surface area contributed by atoms with Crippen LogP contribution in [-0.4, -0.2) is 26.3 Å². The predicted octanol–water partition coefficient (Wildman–Crippen LogP) is 3.90. The lowest BCUT2D eigenvalue weighted by Gasteiger charge is -2.10. The summed E-state index contributed by atoms with van der Waals surface area (Å²) in [6.45, 7) is 3.83. The van der Waals surface area contributed by atoms with Crippen LogP contribution in [0.2, 0.25) is 0 Å². The molecular weight excluding hydrogens is 320 g/mol. The third-order valence-corrected chi connectivity index (χ3v) is 4.41. The van der Waals surface area contributed by atoms with Gasteiger partial charge in [-0.15, -0.1) is 5.10 Å².